The van der Waals surface area contributed by atoms with Gasteiger partial charge in [-0.3, -0.25) is 4.79 Å². The Balaban J connectivity index is 2.70. The topological polar surface area (TPSA) is 58.6 Å². The van der Waals surface area contributed by atoms with Gasteiger partial charge in [0, 0.05) is 11.5 Å². The van der Waals surface area contributed by atoms with Gasteiger partial charge in [-0.2, -0.15) is 0 Å². The van der Waals surface area contributed by atoms with Crippen LogP contribution in [0.5, 0.6) is 0 Å². The molecular formula is C10H10BrN3O. The zero-order valence-electron chi connectivity index (χ0n) is 8.25. The summed E-state index contributed by atoms with van der Waals surface area (Å²) >= 11 is 3.34. The molecule has 0 radical (unpaired) electrons. The van der Waals surface area contributed by atoms with E-state index in [1.54, 1.807) is 6.20 Å². The first-order valence-corrected chi connectivity index (χ1v) is 5.80. The third kappa shape index (κ3) is 1.92. The lowest BCUT2D eigenvalue weighted by Crippen LogP contribution is -2.14. The Hall–Kier alpha value is -1.23. The van der Waals surface area contributed by atoms with Gasteiger partial charge in [-0.05, 0) is 18.1 Å². The maximum absolute atomic E-state index is 11.5. The van der Waals surface area contributed by atoms with Crippen LogP contribution in [0.15, 0.2) is 17.1 Å². The van der Waals surface area contributed by atoms with Crippen molar-refractivity contribution in [1.29, 1.82) is 0 Å². The van der Waals surface area contributed by atoms with E-state index in [1.165, 1.54) is 0 Å². The molecule has 0 bridgehead atoms. The third-order valence-electron chi connectivity index (χ3n) is 2.16. The number of aromatic nitrogens is 3. The lowest BCUT2D eigenvalue weighted by Gasteiger charge is -2.00. The zero-order valence-corrected chi connectivity index (χ0v) is 9.84. The van der Waals surface area contributed by atoms with E-state index in [9.17, 15) is 4.79 Å². The fourth-order valence-corrected chi connectivity index (χ4v) is 1.67. The van der Waals surface area contributed by atoms with Crippen molar-refractivity contribution >= 4 is 27.1 Å². The molecule has 5 heteroatoms. The van der Waals surface area contributed by atoms with E-state index >= 15 is 0 Å². The lowest BCUT2D eigenvalue weighted by molar-refractivity contribution is 0.984. The molecular weight excluding hydrogens is 258 g/mol. The highest BCUT2D eigenvalue weighted by Gasteiger charge is 2.04. The summed E-state index contributed by atoms with van der Waals surface area (Å²) in [5.41, 5.74) is 2.70. The van der Waals surface area contributed by atoms with Gasteiger partial charge in [-0.15, -0.1) is 0 Å². The highest BCUT2D eigenvalue weighted by Crippen LogP contribution is 2.10. The number of aryl methyl sites for hydroxylation is 1. The van der Waals surface area contributed by atoms with Crippen LogP contribution < -0.4 is 5.56 Å². The number of hydrogen-bond acceptors (Lipinski definition) is 3. The molecule has 2 heterocycles. The first-order valence-electron chi connectivity index (χ1n) is 4.68. The first-order chi connectivity index (χ1) is 7.24. The summed E-state index contributed by atoms with van der Waals surface area (Å²) in [5, 5.41) is 0.716. The summed E-state index contributed by atoms with van der Waals surface area (Å²) in [4.78, 5) is 22.7. The van der Waals surface area contributed by atoms with E-state index in [1.807, 2.05) is 13.0 Å². The van der Waals surface area contributed by atoms with E-state index in [-0.39, 0.29) is 5.56 Å². The normalized spacial score (nSPS) is 10.8. The van der Waals surface area contributed by atoms with Gasteiger partial charge in [0.15, 0.2) is 5.65 Å². The van der Waals surface area contributed by atoms with Crippen molar-refractivity contribution in [3.05, 3.63) is 33.9 Å². The average Bonchev–Trinajstić information content (AvgIpc) is 2.27. The highest BCUT2D eigenvalue weighted by atomic mass is 79.9. The van der Waals surface area contributed by atoms with Crippen LogP contribution in [0.2, 0.25) is 0 Å². The molecule has 15 heavy (non-hydrogen) atoms. The Labute approximate surface area is 94.9 Å². The molecule has 1 N–H and O–H groups in total. The monoisotopic (exact) mass is 267 g/mol. The smallest absolute Gasteiger partial charge is 0.270 e. The van der Waals surface area contributed by atoms with Gasteiger partial charge in [-0.25, -0.2) is 9.97 Å². The summed E-state index contributed by atoms with van der Waals surface area (Å²) in [6, 6.07) is 1.88. The number of nitrogens with zero attached hydrogens (tertiary/aromatic N) is 2. The minimum atomic E-state index is -0.126. The fourth-order valence-electron chi connectivity index (χ4n) is 1.37. The van der Waals surface area contributed by atoms with Crippen LogP contribution in [0.4, 0.5) is 0 Å². The van der Waals surface area contributed by atoms with Crippen molar-refractivity contribution in [1.82, 2.24) is 15.0 Å². The summed E-state index contributed by atoms with van der Waals surface area (Å²) in [6.45, 7) is 1.90. The van der Waals surface area contributed by atoms with Crippen LogP contribution in [-0.2, 0) is 11.8 Å². The predicted octanol–water partition coefficient (Wildman–Crippen LogP) is 1.78. The number of nitrogens with one attached hydrogen (secondary N) is 1. The van der Waals surface area contributed by atoms with Gasteiger partial charge < -0.3 is 4.98 Å². The standard InChI is InChI=1S/C10H10BrN3O/c1-2-7-10(15)14-8-3-6(4-11)5-12-9(8)13-7/h3,5H,2,4H2,1H3,(H,14,15). The Bertz CT molecular complexity index is 550. The van der Waals surface area contributed by atoms with Crippen LogP contribution >= 0.6 is 15.9 Å². The van der Waals surface area contributed by atoms with Crippen molar-refractivity contribution in [2.24, 2.45) is 0 Å². The van der Waals surface area contributed by atoms with Crippen molar-refractivity contribution in [2.45, 2.75) is 18.7 Å². The number of halogens is 1. The lowest BCUT2D eigenvalue weighted by atomic mass is 10.3. The van der Waals surface area contributed by atoms with Gasteiger partial charge in [0.05, 0.1) is 5.52 Å². The van der Waals surface area contributed by atoms with Crippen LogP contribution in [-0.4, -0.2) is 15.0 Å². The number of alkyl halides is 1. The minimum absolute atomic E-state index is 0.126. The zero-order chi connectivity index (χ0) is 10.8. The molecule has 0 saturated carbocycles. The van der Waals surface area contributed by atoms with E-state index in [0.717, 1.165) is 5.56 Å². The second-order valence-corrected chi connectivity index (χ2v) is 3.78. The molecule has 0 atom stereocenters. The molecule has 0 aromatic carbocycles. The Morgan fingerprint density at radius 3 is 3.00 bits per heavy atom. The van der Waals surface area contributed by atoms with Crippen molar-refractivity contribution in [3.8, 4) is 0 Å². The molecule has 0 fully saturated rings. The fraction of sp³-hybridized carbons (Fsp3) is 0.300. The molecule has 2 aromatic heterocycles. The first kappa shape index (κ1) is 10.3. The molecule has 0 aliphatic rings. The van der Waals surface area contributed by atoms with Gasteiger partial charge in [0.2, 0.25) is 0 Å². The van der Waals surface area contributed by atoms with Gasteiger partial charge in [0.25, 0.3) is 5.56 Å². The highest BCUT2D eigenvalue weighted by molar-refractivity contribution is 9.08. The maximum Gasteiger partial charge on any atom is 0.270 e. The van der Waals surface area contributed by atoms with Crippen molar-refractivity contribution in [3.63, 3.8) is 0 Å². The van der Waals surface area contributed by atoms with E-state index in [4.69, 9.17) is 0 Å². The minimum Gasteiger partial charge on any atom is -0.318 e. The van der Waals surface area contributed by atoms with Gasteiger partial charge >= 0.3 is 0 Å². The molecule has 4 nitrogen and oxygen atoms in total. The van der Waals surface area contributed by atoms with Crippen LogP contribution in [0.25, 0.3) is 11.2 Å². The van der Waals surface area contributed by atoms with Gasteiger partial charge in [-0.1, -0.05) is 22.9 Å². The molecule has 2 aromatic rings. The number of H-pyrrole nitrogens is 1. The molecule has 0 spiro atoms. The van der Waals surface area contributed by atoms with E-state index in [2.05, 4.69) is 30.9 Å². The van der Waals surface area contributed by atoms with Crippen LogP contribution in [0, 0.1) is 0 Å². The van der Waals surface area contributed by atoms with E-state index < -0.39 is 0 Å². The largest absolute Gasteiger partial charge is 0.318 e. The SMILES string of the molecule is CCc1nc2ncc(CBr)cc2[nH]c1=O. The Kier molecular flexibility index (Phi) is 2.81. The third-order valence-corrected chi connectivity index (χ3v) is 2.81. The van der Waals surface area contributed by atoms with Crippen molar-refractivity contribution < 1.29 is 0 Å². The molecule has 0 aliphatic carbocycles. The van der Waals surface area contributed by atoms with Crippen LogP contribution in [0.1, 0.15) is 18.2 Å². The number of hydrogen-bond donors (Lipinski definition) is 1. The molecule has 0 unspecified atom stereocenters. The van der Waals surface area contributed by atoms with Crippen LogP contribution in [0.3, 0.4) is 0 Å². The predicted molar refractivity (Wildman–Crippen MR) is 62.2 cm³/mol. The Morgan fingerprint density at radius 2 is 2.33 bits per heavy atom. The second kappa shape index (κ2) is 4.10. The summed E-state index contributed by atoms with van der Waals surface area (Å²) in [6.07, 6.45) is 2.37. The van der Waals surface area contributed by atoms with Gasteiger partial charge in [0.1, 0.15) is 5.69 Å². The number of aromatic amines is 1. The quantitative estimate of drug-likeness (QED) is 0.844. The number of pyridine rings is 1. The summed E-state index contributed by atoms with van der Waals surface area (Å²) < 4.78 is 0. The maximum atomic E-state index is 11.5. The molecule has 78 valence electrons. The molecule has 0 saturated heterocycles. The molecule has 0 amide bonds. The van der Waals surface area contributed by atoms with Crippen molar-refractivity contribution in [2.75, 3.05) is 0 Å². The Morgan fingerprint density at radius 1 is 1.53 bits per heavy atom. The second-order valence-electron chi connectivity index (χ2n) is 3.21. The average molecular weight is 268 g/mol. The number of rotatable bonds is 2. The number of fused-ring (bicyclic) bond motifs is 1. The summed E-state index contributed by atoms with van der Waals surface area (Å²) in [7, 11) is 0. The molecule has 0 aliphatic heterocycles. The summed E-state index contributed by atoms with van der Waals surface area (Å²) in [5.74, 6) is 0. The molecule has 2 rings (SSSR count). The van der Waals surface area contributed by atoms with E-state index in [0.29, 0.717) is 28.6 Å².